The molecular weight excluding hydrogens is 274 g/mol. The van der Waals surface area contributed by atoms with E-state index >= 15 is 0 Å². The molecule has 0 fully saturated rings. The number of nitrogens with zero attached hydrogens (tertiary/aromatic N) is 1. The minimum Gasteiger partial charge on any atom is -0.398 e. The molecule has 0 amide bonds. The molecule has 22 heavy (non-hydrogen) atoms. The average molecular weight is 291 g/mol. The van der Waals surface area contributed by atoms with Crippen LogP contribution < -0.4 is 11.3 Å². The van der Waals surface area contributed by atoms with Crippen molar-refractivity contribution in [3.63, 3.8) is 0 Å². The summed E-state index contributed by atoms with van der Waals surface area (Å²) in [5.41, 5.74) is 10.9. The monoisotopic (exact) mass is 291 g/mol. The number of H-pyrrole nitrogens is 1. The van der Waals surface area contributed by atoms with Gasteiger partial charge in [0.15, 0.2) is 0 Å². The number of hydrogen-bond donors (Lipinski definition) is 2. The third-order valence-corrected chi connectivity index (χ3v) is 3.61. The Morgan fingerprint density at radius 2 is 1.82 bits per heavy atom. The lowest BCUT2D eigenvalue weighted by molar-refractivity contribution is 1.13. The summed E-state index contributed by atoms with van der Waals surface area (Å²) < 4.78 is 0. The van der Waals surface area contributed by atoms with E-state index in [4.69, 9.17) is 5.73 Å². The summed E-state index contributed by atoms with van der Waals surface area (Å²) in [5.74, 6) is 0.561. The van der Waals surface area contributed by atoms with Crippen LogP contribution in [-0.2, 0) is 0 Å². The molecular formula is C18H17N3O. The number of anilines is 1. The standard InChI is InChI=1S/C18H17N3O/c1-11-4-3-5-14(8-11)18-20-16(10-17(22)21-18)13-7-6-12(2)15(19)9-13/h3-10H,19H2,1-2H3,(H,20,21,22). The number of nitrogens with one attached hydrogen (secondary N) is 1. The number of nitrogen functional groups attached to an aromatic ring is 1. The molecule has 0 unspecified atom stereocenters. The van der Waals surface area contributed by atoms with Gasteiger partial charge in [0.05, 0.1) is 5.69 Å². The summed E-state index contributed by atoms with van der Waals surface area (Å²) >= 11 is 0. The number of aryl methyl sites for hydroxylation is 2. The van der Waals surface area contributed by atoms with Crippen LogP contribution in [0.1, 0.15) is 11.1 Å². The first-order valence-electron chi connectivity index (χ1n) is 7.08. The highest BCUT2D eigenvalue weighted by molar-refractivity contribution is 5.68. The van der Waals surface area contributed by atoms with E-state index in [0.717, 1.165) is 22.3 Å². The van der Waals surface area contributed by atoms with Gasteiger partial charge < -0.3 is 10.7 Å². The van der Waals surface area contributed by atoms with Gasteiger partial charge in [0.25, 0.3) is 5.56 Å². The second-order valence-corrected chi connectivity index (χ2v) is 5.42. The summed E-state index contributed by atoms with van der Waals surface area (Å²) in [6, 6.07) is 15.1. The number of nitrogens with two attached hydrogens (primary N) is 1. The minimum absolute atomic E-state index is 0.180. The SMILES string of the molecule is Cc1cccc(-c2nc(-c3ccc(C)c(N)c3)cc(=O)[nH]2)c1. The Kier molecular flexibility index (Phi) is 3.51. The van der Waals surface area contributed by atoms with E-state index in [9.17, 15) is 4.79 Å². The molecule has 1 aromatic heterocycles. The molecule has 0 spiro atoms. The largest absolute Gasteiger partial charge is 0.398 e. The highest BCUT2D eigenvalue weighted by Gasteiger charge is 2.07. The first kappa shape index (κ1) is 14.1. The van der Waals surface area contributed by atoms with Crippen molar-refractivity contribution in [2.75, 3.05) is 5.73 Å². The van der Waals surface area contributed by atoms with Crippen molar-refractivity contribution in [3.8, 4) is 22.6 Å². The quantitative estimate of drug-likeness (QED) is 0.712. The molecule has 3 N–H and O–H groups in total. The van der Waals surface area contributed by atoms with Crippen molar-refractivity contribution in [3.05, 3.63) is 70.0 Å². The summed E-state index contributed by atoms with van der Waals surface area (Å²) in [5, 5.41) is 0. The van der Waals surface area contributed by atoms with Gasteiger partial charge in [-0.1, -0.05) is 35.9 Å². The zero-order valence-corrected chi connectivity index (χ0v) is 12.6. The Bertz CT molecular complexity index is 897. The third kappa shape index (κ3) is 2.76. The maximum Gasteiger partial charge on any atom is 0.251 e. The molecule has 4 nitrogen and oxygen atoms in total. The van der Waals surface area contributed by atoms with Crippen LogP contribution in [0, 0.1) is 13.8 Å². The lowest BCUT2D eigenvalue weighted by atomic mass is 10.1. The van der Waals surface area contributed by atoms with Crippen molar-refractivity contribution in [2.24, 2.45) is 0 Å². The molecule has 1 heterocycles. The fourth-order valence-electron chi connectivity index (χ4n) is 2.33. The molecule has 2 aromatic carbocycles. The van der Waals surface area contributed by atoms with Gasteiger partial charge in [0.2, 0.25) is 0 Å². The number of rotatable bonds is 2. The number of aromatic amines is 1. The fraction of sp³-hybridized carbons (Fsp3) is 0.111. The highest BCUT2D eigenvalue weighted by Crippen LogP contribution is 2.23. The second kappa shape index (κ2) is 5.48. The highest BCUT2D eigenvalue weighted by atomic mass is 16.1. The lowest BCUT2D eigenvalue weighted by Crippen LogP contribution is -2.08. The van der Waals surface area contributed by atoms with Crippen molar-refractivity contribution in [1.29, 1.82) is 0 Å². The van der Waals surface area contributed by atoms with Crippen molar-refractivity contribution >= 4 is 5.69 Å². The number of aromatic nitrogens is 2. The molecule has 0 atom stereocenters. The van der Waals surface area contributed by atoms with Crippen molar-refractivity contribution in [1.82, 2.24) is 9.97 Å². The molecule has 3 rings (SSSR count). The van der Waals surface area contributed by atoms with Gasteiger partial charge in [-0.25, -0.2) is 4.98 Å². The van der Waals surface area contributed by atoms with E-state index in [0.29, 0.717) is 17.2 Å². The van der Waals surface area contributed by atoms with Crippen LogP contribution >= 0.6 is 0 Å². The topological polar surface area (TPSA) is 71.8 Å². The molecule has 0 aliphatic heterocycles. The second-order valence-electron chi connectivity index (χ2n) is 5.42. The Labute approximate surface area is 128 Å². The van der Waals surface area contributed by atoms with Crippen LogP contribution in [0.3, 0.4) is 0 Å². The Hall–Kier alpha value is -2.88. The predicted octanol–water partition coefficient (Wildman–Crippen LogP) is 3.30. The number of benzene rings is 2. The van der Waals surface area contributed by atoms with Gasteiger partial charge in [-0.2, -0.15) is 0 Å². The molecule has 4 heteroatoms. The maximum absolute atomic E-state index is 12.0. The maximum atomic E-state index is 12.0. The van der Waals surface area contributed by atoms with Crippen LogP contribution in [0.5, 0.6) is 0 Å². The Morgan fingerprint density at radius 3 is 2.55 bits per heavy atom. The molecule has 0 aliphatic rings. The first-order valence-corrected chi connectivity index (χ1v) is 7.08. The van der Waals surface area contributed by atoms with E-state index in [1.54, 1.807) is 0 Å². The summed E-state index contributed by atoms with van der Waals surface area (Å²) in [6.07, 6.45) is 0. The van der Waals surface area contributed by atoms with E-state index in [2.05, 4.69) is 9.97 Å². The predicted molar refractivity (Wildman–Crippen MR) is 89.6 cm³/mol. The van der Waals surface area contributed by atoms with E-state index in [-0.39, 0.29) is 5.56 Å². The summed E-state index contributed by atoms with van der Waals surface area (Å²) in [7, 11) is 0. The van der Waals surface area contributed by atoms with Crippen LogP contribution in [0.15, 0.2) is 53.3 Å². The van der Waals surface area contributed by atoms with Gasteiger partial charge in [0, 0.05) is 22.9 Å². The van der Waals surface area contributed by atoms with Gasteiger partial charge in [-0.05, 0) is 31.5 Å². The molecule has 110 valence electrons. The Morgan fingerprint density at radius 1 is 1.00 bits per heavy atom. The average Bonchev–Trinajstić information content (AvgIpc) is 2.49. The smallest absolute Gasteiger partial charge is 0.251 e. The zero-order valence-electron chi connectivity index (χ0n) is 12.6. The van der Waals surface area contributed by atoms with Gasteiger partial charge in [-0.3, -0.25) is 4.79 Å². The summed E-state index contributed by atoms with van der Waals surface area (Å²) in [4.78, 5) is 19.3. The molecule has 0 bridgehead atoms. The minimum atomic E-state index is -0.180. The van der Waals surface area contributed by atoms with Crippen molar-refractivity contribution in [2.45, 2.75) is 13.8 Å². The van der Waals surface area contributed by atoms with Gasteiger partial charge in [-0.15, -0.1) is 0 Å². The van der Waals surface area contributed by atoms with E-state index < -0.39 is 0 Å². The fourth-order valence-corrected chi connectivity index (χ4v) is 2.33. The van der Waals surface area contributed by atoms with Crippen LogP contribution in [0.2, 0.25) is 0 Å². The van der Waals surface area contributed by atoms with Gasteiger partial charge in [0.1, 0.15) is 5.82 Å². The molecule has 0 radical (unpaired) electrons. The van der Waals surface area contributed by atoms with Crippen LogP contribution in [0.25, 0.3) is 22.6 Å². The van der Waals surface area contributed by atoms with Gasteiger partial charge >= 0.3 is 0 Å². The van der Waals surface area contributed by atoms with Crippen LogP contribution in [-0.4, -0.2) is 9.97 Å². The molecule has 3 aromatic rings. The number of hydrogen-bond acceptors (Lipinski definition) is 3. The lowest BCUT2D eigenvalue weighted by Gasteiger charge is -2.07. The third-order valence-electron chi connectivity index (χ3n) is 3.61. The zero-order chi connectivity index (χ0) is 15.7. The van der Waals surface area contributed by atoms with Crippen LogP contribution in [0.4, 0.5) is 5.69 Å². The first-order chi connectivity index (χ1) is 10.5. The Balaban J connectivity index is 2.14. The van der Waals surface area contributed by atoms with E-state index in [1.807, 2.05) is 56.3 Å². The molecule has 0 aliphatic carbocycles. The normalized spacial score (nSPS) is 10.6. The summed E-state index contributed by atoms with van der Waals surface area (Å²) in [6.45, 7) is 3.95. The molecule has 0 saturated heterocycles. The van der Waals surface area contributed by atoms with E-state index in [1.165, 1.54) is 6.07 Å². The van der Waals surface area contributed by atoms with Crippen molar-refractivity contribution < 1.29 is 0 Å². The molecule has 0 saturated carbocycles.